The maximum Gasteiger partial charge on any atom is 0.0644 e. The van der Waals surface area contributed by atoms with Gasteiger partial charge in [0.05, 0.1) is 5.69 Å². The molecular weight excluding hydrogens is 236 g/mol. The zero-order valence-corrected chi connectivity index (χ0v) is 13.0. The van der Waals surface area contributed by atoms with Gasteiger partial charge in [-0.25, -0.2) is 0 Å². The molecule has 0 amide bonds. The molecule has 19 heavy (non-hydrogen) atoms. The third-order valence-electron chi connectivity index (χ3n) is 4.85. The van der Waals surface area contributed by atoms with Crippen LogP contribution in [0.2, 0.25) is 0 Å². The Morgan fingerprint density at radius 2 is 1.79 bits per heavy atom. The fraction of sp³-hybridized carbons (Fsp3) is 0.800. The second-order valence-corrected chi connectivity index (χ2v) is 6.12. The van der Waals surface area contributed by atoms with Crippen molar-refractivity contribution in [2.45, 2.75) is 52.6 Å². The van der Waals surface area contributed by atoms with E-state index in [4.69, 9.17) is 5.73 Å². The second kappa shape index (κ2) is 5.63. The first-order valence-electron chi connectivity index (χ1n) is 7.41. The Kier molecular flexibility index (Phi) is 4.31. The summed E-state index contributed by atoms with van der Waals surface area (Å²) in [6, 6.07) is 0.794. The number of likely N-dealkylation sites (tertiary alicyclic amines) is 1. The first kappa shape index (κ1) is 14.5. The molecule has 2 atom stereocenters. The van der Waals surface area contributed by atoms with E-state index >= 15 is 0 Å². The zero-order chi connectivity index (χ0) is 14.2. The third kappa shape index (κ3) is 2.84. The van der Waals surface area contributed by atoms with Gasteiger partial charge >= 0.3 is 0 Å². The zero-order valence-electron chi connectivity index (χ0n) is 13.0. The number of rotatable bonds is 3. The average Bonchev–Trinajstić information content (AvgIpc) is 2.62. The molecule has 0 bridgehead atoms. The molecule has 1 aromatic rings. The number of aromatic nitrogens is 2. The summed E-state index contributed by atoms with van der Waals surface area (Å²) in [6.07, 6.45) is 2.45. The summed E-state index contributed by atoms with van der Waals surface area (Å²) < 4.78 is 2.00. The van der Waals surface area contributed by atoms with Crippen molar-refractivity contribution in [3.05, 3.63) is 17.0 Å². The lowest BCUT2D eigenvalue weighted by Crippen LogP contribution is -2.40. The molecule has 2 rings (SSSR count). The van der Waals surface area contributed by atoms with E-state index in [9.17, 15) is 0 Å². The van der Waals surface area contributed by atoms with Crippen LogP contribution >= 0.6 is 0 Å². The fourth-order valence-electron chi connectivity index (χ4n) is 3.41. The van der Waals surface area contributed by atoms with Gasteiger partial charge in [0, 0.05) is 30.4 Å². The Labute approximate surface area is 117 Å². The highest BCUT2D eigenvalue weighted by atomic mass is 15.3. The van der Waals surface area contributed by atoms with Gasteiger partial charge < -0.3 is 5.73 Å². The monoisotopic (exact) mass is 264 g/mol. The smallest absolute Gasteiger partial charge is 0.0644 e. The van der Waals surface area contributed by atoms with Gasteiger partial charge in [0.1, 0.15) is 0 Å². The highest BCUT2D eigenvalue weighted by molar-refractivity contribution is 5.27. The first-order chi connectivity index (χ1) is 8.91. The molecule has 0 aromatic carbocycles. The van der Waals surface area contributed by atoms with Gasteiger partial charge in [-0.15, -0.1) is 0 Å². The predicted octanol–water partition coefficient (Wildman–Crippen LogP) is 2.16. The van der Waals surface area contributed by atoms with Crippen molar-refractivity contribution in [1.82, 2.24) is 14.7 Å². The van der Waals surface area contributed by atoms with Crippen molar-refractivity contribution in [2.75, 3.05) is 13.1 Å². The summed E-state index contributed by atoms with van der Waals surface area (Å²) in [6.45, 7) is 11.0. The summed E-state index contributed by atoms with van der Waals surface area (Å²) in [4.78, 5) is 2.58. The van der Waals surface area contributed by atoms with Gasteiger partial charge in [-0.2, -0.15) is 5.10 Å². The largest absolute Gasteiger partial charge is 0.328 e. The molecule has 108 valence electrons. The Morgan fingerprint density at radius 1 is 1.21 bits per heavy atom. The minimum absolute atomic E-state index is 0.333. The van der Waals surface area contributed by atoms with Gasteiger partial charge in [0.2, 0.25) is 0 Å². The summed E-state index contributed by atoms with van der Waals surface area (Å²) in [5.41, 5.74) is 9.88. The summed E-state index contributed by atoms with van der Waals surface area (Å²) in [5, 5.41) is 4.54. The number of piperidine rings is 1. The number of aryl methyl sites for hydroxylation is 2. The maximum absolute atomic E-state index is 6.02. The van der Waals surface area contributed by atoms with Gasteiger partial charge in [-0.05, 0) is 59.5 Å². The van der Waals surface area contributed by atoms with Crippen LogP contribution in [0.1, 0.15) is 49.7 Å². The minimum Gasteiger partial charge on any atom is -0.328 e. The quantitative estimate of drug-likeness (QED) is 0.910. The van der Waals surface area contributed by atoms with E-state index in [-0.39, 0.29) is 0 Å². The van der Waals surface area contributed by atoms with Crippen molar-refractivity contribution in [2.24, 2.45) is 18.7 Å². The van der Waals surface area contributed by atoms with E-state index in [0.717, 1.165) is 13.1 Å². The molecule has 2 heterocycles. The third-order valence-corrected chi connectivity index (χ3v) is 4.85. The molecule has 1 aliphatic heterocycles. The SMILES string of the molecule is Cc1nn(C)c(C)c1C(C)N1CCC(C(C)N)CC1. The Balaban J connectivity index is 2.07. The Morgan fingerprint density at radius 3 is 2.21 bits per heavy atom. The van der Waals surface area contributed by atoms with Crippen LogP contribution in [-0.2, 0) is 7.05 Å². The van der Waals surface area contributed by atoms with E-state index in [2.05, 4.69) is 37.7 Å². The van der Waals surface area contributed by atoms with Crippen molar-refractivity contribution < 1.29 is 0 Å². The molecule has 0 aliphatic carbocycles. The van der Waals surface area contributed by atoms with Crippen LogP contribution in [-0.4, -0.2) is 33.8 Å². The van der Waals surface area contributed by atoms with Crippen molar-refractivity contribution >= 4 is 0 Å². The molecule has 0 saturated carbocycles. The van der Waals surface area contributed by atoms with E-state index in [1.54, 1.807) is 0 Å². The molecule has 2 unspecified atom stereocenters. The van der Waals surface area contributed by atoms with E-state index in [1.165, 1.54) is 29.8 Å². The van der Waals surface area contributed by atoms with Crippen molar-refractivity contribution in [3.8, 4) is 0 Å². The van der Waals surface area contributed by atoms with Crippen LogP contribution in [0.5, 0.6) is 0 Å². The molecule has 1 aliphatic rings. The number of hydrogen-bond donors (Lipinski definition) is 1. The van der Waals surface area contributed by atoms with Crippen LogP contribution in [0.25, 0.3) is 0 Å². The highest BCUT2D eigenvalue weighted by Gasteiger charge is 2.27. The predicted molar refractivity (Wildman–Crippen MR) is 79.0 cm³/mol. The highest BCUT2D eigenvalue weighted by Crippen LogP contribution is 2.30. The molecule has 1 aromatic heterocycles. The van der Waals surface area contributed by atoms with Crippen LogP contribution in [0.15, 0.2) is 0 Å². The van der Waals surface area contributed by atoms with Gasteiger partial charge in [-0.3, -0.25) is 9.58 Å². The van der Waals surface area contributed by atoms with E-state index in [0.29, 0.717) is 18.0 Å². The standard InChI is InChI=1S/C15H28N4/c1-10(16)14-6-8-19(9-7-14)13(4)15-11(2)17-18(5)12(15)3/h10,13-14H,6-9,16H2,1-5H3. The lowest BCUT2D eigenvalue weighted by atomic mass is 9.89. The lowest BCUT2D eigenvalue weighted by molar-refractivity contribution is 0.132. The number of nitrogens with two attached hydrogens (primary N) is 1. The molecule has 0 radical (unpaired) electrons. The average molecular weight is 264 g/mol. The molecule has 1 saturated heterocycles. The second-order valence-electron chi connectivity index (χ2n) is 6.12. The Bertz CT molecular complexity index is 428. The van der Waals surface area contributed by atoms with Crippen LogP contribution in [0.4, 0.5) is 0 Å². The normalized spacial score (nSPS) is 21.6. The fourth-order valence-corrected chi connectivity index (χ4v) is 3.41. The van der Waals surface area contributed by atoms with Crippen LogP contribution in [0.3, 0.4) is 0 Å². The van der Waals surface area contributed by atoms with E-state index in [1.807, 2.05) is 11.7 Å². The summed E-state index contributed by atoms with van der Waals surface area (Å²) >= 11 is 0. The summed E-state index contributed by atoms with van der Waals surface area (Å²) in [7, 11) is 2.03. The first-order valence-corrected chi connectivity index (χ1v) is 7.41. The maximum atomic E-state index is 6.02. The molecule has 0 spiro atoms. The van der Waals surface area contributed by atoms with Gasteiger partial charge in [0.25, 0.3) is 0 Å². The molecule has 2 N–H and O–H groups in total. The Hall–Kier alpha value is -0.870. The molecule has 1 fully saturated rings. The topological polar surface area (TPSA) is 47.1 Å². The molecule has 4 nitrogen and oxygen atoms in total. The lowest BCUT2D eigenvalue weighted by Gasteiger charge is -2.37. The number of nitrogens with zero attached hydrogens (tertiary/aromatic N) is 3. The van der Waals surface area contributed by atoms with Gasteiger partial charge in [-0.1, -0.05) is 0 Å². The molecule has 4 heteroatoms. The minimum atomic E-state index is 0.333. The van der Waals surface area contributed by atoms with Crippen LogP contribution in [0, 0.1) is 19.8 Å². The van der Waals surface area contributed by atoms with Crippen molar-refractivity contribution in [1.29, 1.82) is 0 Å². The van der Waals surface area contributed by atoms with Crippen LogP contribution < -0.4 is 5.73 Å². The van der Waals surface area contributed by atoms with Crippen molar-refractivity contribution in [3.63, 3.8) is 0 Å². The number of hydrogen-bond acceptors (Lipinski definition) is 3. The molecular formula is C15H28N4. The summed E-state index contributed by atoms with van der Waals surface area (Å²) in [5.74, 6) is 0.694. The van der Waals surface area contributed by atoms with Gasteiger partial charge in [0.15, 0.2) is 0 Å². The van der Waals surface area contributed by atoms with E-state index < -0.39 is 0 Å².